The summed E-state index contributed by atoms with van der Waals surface area (Å²) in [7, 11) is 0. The van der Waals surface area contributed by atoms with Crippen molar-refractivity contribution < 1.29 is 9.59 Å². The summed E-state index contributed by atoms with van der Waals surface area (Å²) in [5.74, 6) is 0.314. The summed E-state index contributed by atoms with van der Waals surface area (Å²) in [6.45, 7) is 5.00. The molecule has 3 atom stereocenters. The number of piperazine rings is 1. The molecular formula is C20H27N3O2. The van der Waals surface area contributed by atoms with Crippen LogP contribution in [0.3, 0.4) is 0 Å². The molecule has 1 heterocycles. The number of benzene rings is 1. The Morgan fingerprint density at radius 3 is 2.40 bits per heavy atom. The number of amides is 2. The first-order chi connectivity index (χ1) is 12.0. The maximum absolute atomic E-state index is 12.9. The second-order valence-corrected chi connectivity index (χ2v) is 7.89. The third kappa shape index (κ3) is 3.17. The fourth-order valence-electron chi connectivity index (χ4n) is 4.40. The van der Waals surface area contributed by atoms with Gasteiger partial charge in [-0.3, -0.25) is 14.5 Å². The van der Waals surface area contributed by atoms with Gasteiger partial charge in [0, 0.05) is 43.2 Å². The standard InChI is InChI=1S/C20H27N3O2/c1-13-12-22(9-10-23(13)16-3-2-4-16)20(25)18-11-17(18)14-5-7-15(8-6-14)19(21)24/h5-8,13,16-18H,2-4,9-12H2,1H3,(H2,21,24)/t13-,17?,18?/m0/s1. The molecule has 25 heavy (non-hydrogen) atoms. The van der Waals surface area contributed by atoms with Gasteiger partial charge in [-0.25, -0.2) is 0 Å². The molecule has 1 aliphatic heterocycles. The summed E-state index contributed by atoms with van der Waals surface area (Å²) >= 11 is 0. The Kier molecular flexibility index (Phi) is 4.28. The van der Waals surface area contributed by atoms with E-state index in [1.807, 2.05) is 12.1 Å². The molecule has 0 spiro atoms. The zero-order valence-electron chi connectivity index (χ0n) is 14.9. The molecule has 0 bridgehead atoms. The number of nitrogens with two attached hydrogens (primary N) is 1. The lowest BCUT2D eigenvalue weighted by Gasteiger charge is -2.47. The van der Waals surface area contributed by atoms with E-state index >= 15 is 0 Å². The lowest BCUT2D eigenvalue weighted by Crippen LogP contribution is -2.58. The minimum atomic E-state index is -0.409. The van der Waals surface area contributed by atoms with Crippen LogP contribution in [0.5, 0.6) is 0 Å². The third-order valence-corrected chi connectivity index (χ3v) is 6.27. The van der Waals surface area contributed by atoms with Gasteiger partial charge in [-0.1, -0.05) is 18.6 Å². The Morgan fingerprint density at radius 2 is 1.84 bits per heavy atom. The number of rotatable bonds is 4. The highest BCUT2D eigenvalue weighted by Crippen LogP contribution is 2.48. The Hall–Kier alpha value is -1.88. The van der Waals surface area contributed by atoms with Crippen molar-refractivity contribution in [2.45, 2.75) is 50.6 Å². The highest BCUT2D eigenvalue weighted by Gasteiger charge is 2.47. The molecular weight excluding hydrogens is 314 g/mol. The normalized spacial score (nSPS) is 30.0. The fraction of sp³-hybridized carbons (Fsp3) is 0.600. The van der Waals surface area contributed by atoms with Crippen LogP contribution >= 0.6 is 0 Å². The van der Waals surface area contributed by atoms with Gasteiger partial charge in [0.25, 0.3) is 0 Å². The smallest absolute Gasteiger partial charge is 0.248 e. The van der Waals surface area contributed by atoms with Crippen LogP contribution in [-0.4, -0.2) is 53.3 Å². The Bertz CT molecular complexity index is 668. The van der Waals surface area contributed by atoms with Crippen LogP contribution in [0.2, 0.25) is 0 Å². The van der Waals surface area contributed by atoms with Gasteiger partial charge in [0.1, 0.15) is 0 Å². The van der Waals surface area contributed by atoms with E-state index in [2.05, 4.69) is 16.7 Å². The minimum absolute atomic E-state index is 0.113. The summed E-state index contributed by atoms with van der Waals surface area (Å²) in [6, 6.07) is 8.62. The minimum Gasteiger partial charge on any atom is -0.366 e. The molecule has 2 aliphatic carbocycles. The Morgan fingerprint density at radius 1 is 1.12 bits per heavy atom. The van der Waals surface area contributed by atoms with Crippen molar-refractivity contribution in [3.63, 3.8) is 0 Å². The van der Waals surface area contributed by atoms with Crippen LogP contribution in [0.4, 0.5) is 0 Å². The molecule has 1 aromatic carbocycles. The summed E-state index contributed by atoms with van der Waals surface area (Å²) in [4.78, 5) is 28.7. The first-order valence-corrected chi connectivity index (χ1v) is 9.49. The van der Waals surface area contributed by atoms with E-state index in [0.29, 0.717) is 23.4 Å². The van der Waals surface area contributed by atoms with Gasteiger partial charge in [0.05, 0.1) is 0 Å². The second kappa shape index (κ2) is 6.45. The first-order valence-electron chi connectivity index (χ1n) is 9.49. The van der Waals surface area contributed by atoms with Crippen molar-refractivity contribution in [1.82, 2.24) is 9.80 Å². The molecule has 5 nitrogen and oxygen atoms in total. The Balaban J connectivity index is 1.34. The predicted molar refractivity (Wildman–Crippen MR) is 96.2 cm³/mol. The molecule has 2 unspecified atom stereocenters. The number of hydrogen-bond donors (Lipinski definition) is 1. The van der Waals surface area contributed by atoms with Gasteiger partial charge in [0.15, 0.2) is 0 Å². The summed E-state index contributed by atoms with van der Waals surface area (Å²) in [6.07, 6.45) is 4.93. The maximum Gasteiger partial charge on any atom is 0.248 e. The van der Waals surface area contributed by atoms with Gasteiger partial charge in [-0.05, 0) is 49.8 Å². The lowest BCUT2D eigenvalue weighted by atomic mass is 9.89. The van der Waals surface area contributed by atoms with Crippen molar-refractivity contribution >= 4 is 11.8 Å². The molecule has 2 saturated carbocycles. The maximum atomic E-state index is 12.9. The van der Waals surface area contributed by atoms with Crippen LogP contribution in [0.25, 0.3) is 0 Å². The SMILES string of the molecule is C[C@H]1CN(C(=O)C2CC2c2ccc(C(N)=O)cc2)CCN1C1CCC1. The summed E-state index contributed by atoms with van der Waals surface area (Å²) < 4.78 is 0. The van der Waals surface area contributed by atoms with E-state index in [0.717, 1.165) is 37.7 Å². The molecule has 1 saturated heterocycles. The zero-order valence-corrected chi connectivity index (χ0v) is 14.9. The largest absolute Gasteiger partial charge is 0.366 e. The van der Waals surface area contributed by atoms with Gasteiger partial charge < -0.3 is 10.6 Å². The molecule has 3 aliphatic rings. The average Bonchev–Trinajstić information content (AvgIpc) is 3.35. The predicted octanol–water partition coefficient (Wildman–Crippen LogP) is 1.97. The van der Waals surface area contributed by atoms with E-state index in [-0.39, 0.29) is 5.92 Å². The number of nitrogens with zero attached hydrogens (tertiary/aromatic N) is 2. The average molecular weight is 341 g/mol. The molecule has 4 rings (SSSR count). The van der Waals surface area contributed by atoms with Crippen LogP contribution in [0.15, 0.2) is 24.3 Å². The first kappa shape index (κ1) is 16.6. The number of primary amides is 1. The van der Waals surface area contributed by atoms with Crippen LogP contribution in [-0.2, 0) is 4.79 Å². The van der Waals surface area contributed by atoms with E-state index in [9.17, 15) is 9.59 Å². The number of hydrogen-bond acceptors (Lipinski definition) is 3. The third-order valence-electron chi connectivity index (χ3n) is 6.27. The topological polar surface area (TPSA) is 66.6 Å². The number of carbonyl (C=O) groups is 2. The van der Waals surface area contributed by atoms with Crippen LogP contribution in [0, 0.1) is 5.92 Å². The fourth-order valence-corrected chi connectivity index (χ4v) is 4.40. The molecule has 1 aromatic rings. The quantitative estimate of drug-likeness (QED) is 0.910. The molecule has 3 fully saturated rings. The van der Waals surface area contributed by atoms with E-state index < -0.39 is 5.91 Å². The molecule has 134 valence electrons. The van der Waals surface area contributed by atoms with Crippen LogP contribution < -0.4 is 5.73 Å². The molecule has 2 N–H and O–H groups in total. The molecule has 5 heteroatoms. The highest BCUT2D eigenvalue weighted by atomic mass is 16.2. The van der Waals surface area contributed by atoms with Crippen molar-refractivity contribution in [1.29, 1.82) is 0 Å². The van der Waals surface area contributed by atoms with Gasteiger partial charge in [0.2, 0.25) is 11.8 Å². The zero-order chi connectivity index (χ0) is 17.6. The summed E-state index contributed by atoms with van der Waals surface area (Å²) in [5.41, 5.74) is 6.95. The van der Waals surface area contributed by atoms with E-state index in [1.54, 1.807) is 12.1 Å². The van der Waals surface area contributed by atoms with Crippen molar-refractivity contribution in [3.05, 3.63) is 35.4 Å². The molecule has 0 aromatic heterocycles. The van der Waals surface area contributed by atoms with Crippen molar-refractivity contribution in [2.75, 3.05) is 19.6 Å². The summed E-state index contributed by atoms with van der Waals surface area (Å²) in [5, 5.41) is 0. The number of carbonyl (C=O) groups excluding carboxylic acids is 2. The lowest BCUT2D eigenvalue weighted by molar-refractivity contribution is -0.136. The monoisotopic (exact) mass is 341 g/mol. The second-order valence-electron chi connectivity index (χ2n) is 7.89. The van der Waals surface area contributed by atoms with Gasteiger partial charge in [-0.2, -0.15) is 0 Å². The van der Waals surface area contributed by atoms with E-state index in [4.69, 9.17) is 5.73 Å². The van der Waals surface area contributed by atoms with E-state index in [1.165, 1.54) is 19.3 Å². The van der Waals surface area contributed by atoms with Gasteiger partial charge >= 0.3 is 0 Å². The van der Waals surface area contributed by atoms with Crippen LogP contribution in [0.1, 0.15) is 54.4 Å². The Labute approximate surface area is 149 Å². The van der Waals surface area contributed by atoms with Gasteiger partial charge in [-0.15, -0.1) is 0 Å². The highest BCUT2D eigenvalue weighted by molar-refractivity contribution is 5.92. The molecule has 2 amide bonds. The van der Waals surface area contributed by atoms with Crippen molar-refractivity contribution in [3.8, 4) is 0 Å². The molecule has 0 radical (unpaired) electrons. The van der Waals surface area contributed by atoms with Crippen molar-refractivity contribution in [2.24, 2.45) is 11.7 Å².